The summed E-state index contributed by atoms with van der Waals surface area (Å²) in [5.74, 6) is 0.241. The molecule has 0 fully saturated rings. The monoisotopic (exact) mass is 340 g/mol. The third-order valence-corrected chi connectivity index (χ3v) is 3.58. The molecule has 0 saturated carbocycles. The van der Waals surface area contributed by atoms with E-state index in [4.69, 9.17) is 4.74 Å². The second-order valence-corrected chi connectivity index (χ2v) is 5.84. The van der Waals surface area contributed by atoms with Gasteiger partial charge < -0.3 is 15.4 Å². The Kier molecular flexibility index (Phi) is 7.01. The van der Waals surface area contributed by atoms with E-state index in [2.05, 4.69) is 17.6 Å². The van der Waals surface area contributed by atoms with Crippen LogP contribution in [0.2, 0.25) is 0 Å². The van der Waals surface area contributed by atoms with Crippen LogP contribution in [0.25, 0.3) is 0 Å². The molecule has 0 bridgehead atoms. The molecule has 5 nitrogen and oxygen atoms in total. The molecular formula is C20H24N2O3. The largest absolute Gasteiger partial charge is 0.484 e. The van der Waals surface area contributed by atoms with Crippen LogP contribution in [0, 0.1) is 6.92 Å². The number of nitrogens with one attached hydrogen (secondary N) is 2. The van der Waals surface area contributed by atoms with Gasteiger partial charge in [0.2, 0.25) is 0 Å². The number of amides is 2. The molecule has 0 aliphatic rings. The van der Waals surface area contributed by atoms with Gasteiger partial charge in [0.25, 0.3) is 11.8 Å². The van der Waals surface area contributed by atoms with Gasteiger partial charge in [-0.2, -0.15) is 0 Å². The molecule has 132 valence electrons. The van der Waals surface area contributed by atoms with Crippen LogP contribution >= 0.6 is 0 Å². The fourth-order valence-corrected chi connectivity index (χ4v) is 2.27. The summed E-state index contributed by atoms with van der Waals surface area (Å²) in [5, 5.41) is 5.60. The van der Waals surface area contributed by atoms with Gasteiger partial charge in [-0.3, -0.25) is 9.59 Å². The lowest BCUT2D eigenvalue weighted by atomic mass is 10.2. The molecule has 0 spiro atoms. The highest BCUT2D eigenvalue weighted by molar-refractivity contribution is 5.97. The van der Waals surface area contributed by atoms with Crippen molar-refractivity contribution in [3.8, 4) is 5.75 Å². The average molecular weight is 340 g/mol. The number of carbonyl (C=O) groups excluding carboxylic acids is 2. The molecule has 2 aromatic rings. The van der Waals surface area contributed by atoms with E-state index in [9.17, 15) is 9.59 Å². The van der Waals surface area contributed by atoms with E-state index in [0.717, 1.165) is 18.4 Å². The first-order valence-corrected chi connectivity index (χ1v) is 8.46. The Morgan fingerprint density at radius 2 is 1.88 bits per heavy atom. The van der Waals surface area contributed by atoms with Gasteiger partial charge in [0.05, 0.1) is 0 Å². The Bertz CT molecular complexity index is 728. The van der Waals surface area contributed by atoms with Crippen LogP contribution < -0.4 is 15.4 Å². The third kappa shape index (κ3) is 6.30. The smallest absolute Gasteiger partial charge is 0.262 e. The van der Waals surface area contributed by atoms with Crippen LogP contribution in [0.3, 0.4) is 0 Å². The van der Waals surface area contributed by atoms with Gasteiger partial charge >= 0.3 is 0 Å². The summed E-state index contributed by atoms with van der Waals surface area (Å²) >= 11 is 0. The van der Waals surface area contributed by atoms with Gasteiger partial charge in [0.1, 0.15) is 5.75 Å². The minimum absolute atomic E-state index is 0.0869. The maximum atomic E-state index is 12.1. The van der Waals surface area contributed by atoms with Crippen LogP contribution in [0.1, 0.15) is 35.7 Å². The lowest BCUT2D eigenvalue weighted by molar-refractivity contribution is -0.118. The summed E-state index contributed by atoms with van der Waals surface area (Å²) in [6, 6.07) is 14.4. The fourth-order valence-electron chi connectivity index (χ4n) is 2.27. The zero-order valence-electron chi connectivity index (χ0n) is 14.7. The zero-order chi connectivity index (χ0) is 18.1. The van der Waals surface area contributed by atoms with Crippen LogP contribution in [0.15, 0.2) is 48.5 Å². The molecule has 2 aromatic carbocycles. The van der Waals surface area contributed by atoms with Gasteiger partial charge in [0, 0.05) is 17.8 Å². The van der Waals surface area contributed by atoms with E-state index in [1.54, 1.807) is 24.3 Å². The van der Waals surface area contributed by atoms with Crippen molar-refractivity contribution < 1.29 is 14.3 Å². The minimum atomic E-state index is -0.273. The highest BCUT2D eigenvalue weighted by Crippen LogP contribution is 2.13. The van der Waals surface area contributed by atoms with Crippen molar-refractivity contribution in [3.63, 3.8) is 0 Å². The molecule has 2 N–H and O–H groups in total. The maximum Gasteiger partial charge on any atom is 0.262 e. The van der Waals surface area contributed by atoms with Crippen molar-refractivity contribution in [2.75, 3.05) is 18.5 Å². The van der Waals surface area contributed by atoms with E-state index >= 15 is 0 Å². The van der Waals surface area contributed by atoms with E-state index < -0.39 is 0 Å². The Morgan fingerprint density at radius 1 is 1.08 bits per heavy atom. The third-order valence-electron chi connectivity index (χ3n) is 3.58. The van der Waals surface area contributed by atoms with Gasteiger partial charge in [-0.15, -0.1) is 0 Å². The average Bonchev–Trinajstić information content (AvgIpc) is 2.60. The number of hydrogen-bond donors (Lipinski definition) is 2. The summed E-state index contributed by atoms with van der Waals surface area (Å²) in [4.78, 5) is 24.1. The molecule has 0 heterocycles. The van der Waals surface area contributed by atoms with Crippen molar-refractivity contribution in [1.29, 1.82) is 0 Å². The Labute approximate surface area is 148 Å². The first-order valence-electron chi connectivity index (χ1n) is 8.46. The van der Waals surface area contributed by atoms with Crippen molar-refractivity contribution in [1.82, 2.24) is 5.32 Å². The number of ether oxygens (including phenoxy) is 1. The summed E-state index contributed by atoms with van der Waals surface area (Å²) in [6.07, 6.45) is 1.97. The van der Waals surface area contributed by atoms with Crippen LogP contribution in [0.5, 0.6) is 5.75 Å². The van der Waals surface area contributed by atoms with E-state index in [1.807, 2.05) is 31.2 Å². The van der Waals surface area contributed by atoms with Crippen molar-refractivity contribution in [2.45, 2.75) is 26.7 Å². The highest BCUT2D eigenvalue weighted by atomic mass is 16.5. The molecule has 0 aliphatic carbocycles. The van der Waals surface area contributed by atoms with Crippen molar-refractivity contribution >= 4 is 17.5 Å². The molecule has 0 aromatic heterocycles. The highest BCUT2D eigenvalue weighted by Gasteiger charge is 2.08. The quantitative estimate of drug-likeness (QED) is 0.722. The van der Waals surface area contributed by atoms with Crippen LogP contribution in [-0.2, 0) is 4.79 Å². The molecule has 2 rings (SSSR count). The van der Waals surface area contributed by atoms with E-state index in [1.165, 1.54) is 0 Å². The number of hydrogen-bond acceptors (Lipinski definition) is 3. The Balaban J connectivity index is 1.88. The normalized spacial score (nSPS) is 10.2. The maximum absolute atomic E-state index is 12.1. The SMILES string of the molecule is CCCCNC(=O)c1cccc(NC(=O)COc2cccc(C)c2)c1. The lowest BCUT2D eigenvalue weighted by Gasteiger charge is -2.09. The molecule has 25 heavy (non-hydrogen) atoms. The summed E-state index contributed by atoms with van der Waals surface area (Å²) in [6.45, 7) is 4.59. The summed E-state index contributed by atoms with van der Waals surface area (Å²) in [5.41, 5.74) is 2.16. The standard InChI is InChI=1S/C20H24N2O3/c1-3-4-11-21-20(24)16-8-6-9-17(13-16)22-19(23)14-25-18-10-5-7-15(2)12-18/h5-10,12-13H,3-4,11,14H2,1-2H3,(H,21,24)(H,22,23). The Hall–Kier alpha value is -2.82. The van der Waals surface area contributed by atoms with Gasteiger partial charge in [-0.05, 0) is 49.2 Å². The Morgan fingerprint density at radius 3 is 2.64 bits per heavy atom. The first kappa shape index (κ1) is 18.5. The lowest BCUT2D eigenvalue weighted by Crippen LogP contribution is -2.25. The zero-order valence-corrected chi connectivity index (χ0v) is 14.7. The number of aryl methyl sites for hydroxylation is 1. The number of anilines is 1. The predicted molar refractivity (Wildman–Crippen MR) is 99.0 cm³/mol. The second-order valence-electron chi connectivity index (χ2n) is 5.84. The molecule has 0 radical (unpaired) electrons. The molecule has 0 unspecified atom stereocenters. The molecule has 5 heteroatoms. The number of rotatable bonds is 8. The van der Waals surface area contributed by atoms with Crippen LogP contribution in [0.4, 0.5) is 5.69 Å². The summed E-state index contributed by atoms with van der Waals surface area (Å²) < 4.78 is 5.47. The van der Waals surface area contributed by atoms with Crippen LogP contribution in [-0.4, -0.2) is 25.0 Å². The van der Waals surface area contributed by atoms with Gasteiger partial charge in [-0.1, -0.05) is 31.5 Å². The first-order chi connectivity index (χ1) is 12.1. The van der Waals surface area contributed by atoms with Gasteiger partial charge in [0.15, 0.2) is 6.61 Å². The van der Waals surface area contributed by atoms with E-state index in [0.29, 0.717) is 23.5 Å². The number of unbranched alkanes of at least 4 members (excludes halogenated alkanes) is 1. The second kappa shape index (κ2) is 9.47. The predicted octanol–water partition coefficient (Wildman–Crippen LogP) is 3.54. The molecule has 0 saturated heterocycles. The molecule has 0 aliphatic heterocycles. The number of benzene rings is 2. The fraction of sp³-hybridized carbons (Fsp3) is 0.300. The summed E-state index contributed by atoms with van der Waals surface area (Å²) in [7, 11) is 0. The minimum Gasteiger partial charge on any atom is -0.484 e. The molecular weight excluding hydrogens is 316 g/mol. The molecule has 2 amide bonds. The molecule has 0 atom stereocenters. The van der Waals surface area contributed by atoms with Crippen molar-refractivity contribution in [2.24, 2.45) is 0 Å². The topological polar surface area (TPSA) is 67.4 Å². The number of carbonyl (C=O) groups is 2. The van der Waals surface area contributed by atoms with Gasteiger partial charge in [-0.25, -0.2) is 0 Å². The van der Waals surface area contributed by atoms with E-state index in [-0.39, 0.29) is 18.4 Å². The van der Waals surface area contributed by atoms with Crippen molar-refractivity contribution in [3.05, 3.63) is 59.7 Å².